The van der Waals surface area contributed by atoms with Gasteiger partial charge in [-0.1, -0.05) is 30.3 Å². The van der Waals surface area contributed by atoms with Crippen molar-refractivity contribution in [1.82, 2.24) is 14.9 Å². The lowest BCUT2D eigenvalue weighted by atomic mass is 9.94. The lowest BCUT2D eigenvalue weighted by molar-refractivity contribution is 0.0459. The number of nitrogens with one attached hydrogen (secondary N) is 1. The first-order valence-corrected chi connectivity index (χ1v) is 8.83. The number of nitrogens with zero attached hydrogens (tertiary/aromatic N) is 3. The number of likely N-dealkylation sites (tertiary alicyclic amines) is 1. The third-order valence-corrected chi connectivity index (χ3v) is 4.69. The molecule has 4 rings (SSSR count). The van der Waals surface area contributed by atoms with Gasteiger partial charge in [0.25, 0.3) is 5.91 Å². The van der Waals surface area contributed by atoms with Crippen LogP contribution < -0.4 is 10.1 Å². The summed E-state index contributed by atoms with van der Waals surface area (Å²) in [5.41, 5.74) is 2.47. The SMILES string of the molecule is COc1cccc([C@@H]2CCN2C(=O)c2cnc(Nc3ccccc3)nc2)c1. The van der Waals surface area contributed by atoms with Crippen LogP contribution in [0.4, 0.5) is 11.6 Å². The maximum atomic E-state index is 12.8. The van der Waals surface area contributed by atoms with Gasteiger partial charge in [-0.3, -0.25) is 4.79 Å². The molecule has 0 bridgehead atoms. The summed E-state index contributed by atoms with van der Waals surface area (Å²) in [7, 11) is 1.64. The van der Waals surface area contributed by atoms with Crippen molar-refractivity contribution in [2.45, 2.75) is 12.5 Å². The molecule has 1 aromatic heterocycles. The number of anilines is 2. The second-order valence-electron chi connectivity index (χ2n) is 6.37. The lowest BCUT2D eigenvalue weighted by Crippen LogP contribution is -2.45. The highest BCUT2D eigenvalue weighted by atomic mass is 16.5. The fraction of sp³-hybridized carbons (Fsp3) is 0.190. The van der Waals surface area contributed by atoms with E-state index < -0.39 is 0 Å². The van der Waals surface area contributed by atoms with Gasteiger partial charge in [-0.25, -0.2) is 9.97 Å². The zero-order valence-corrected chi connectivity index (χ0v) is 15.0. The van der Waals surface area contributed by atoms with E-state index >= 15 is 0 Å². The summed E-state index contributed by atoms with van der Waals surface area (Å²) in [6.07, 6.45) is 4.08. The van der Waals surface area contributed by atoms with E-state index in [9.17, 15) is 4.79 Å². The normalized spacial score (nSPS) is 15.7. The molecule has 136 valence electrons. The van der Waals surface area contributed by atoms with Crippen molar-refractivity contribution in [3.8, 4) is 5.75 Å². The maximum absolute atomic E-state index is 12.8. The first kappa shape index (κ1) is 17.0. The van der Waals surface area contributed by atoms with Crippen molar-refractivity contribution >= 4 is 17.5 Å². The average Bonchev–Trinajstić information content (AvgIpc) is 2.68. The van der Waals surface area contributed by atoms with E-state index in [4.69, 9.17) is 4.74 Å². The number of carbonyl (C=O) groups excluding carboxylic acids is 1. The summed E-state index contributed by atoms with van der Waals surface area (Å²) in [5, 5.41) is 3.11. The van der Waals surface area contributed by atoms with Crippen LogP contribution in [-0.4, -0.2) is 34.4 Å². The Labute approximate surface area is 157 Å². The summed E-state index contributed by atoms with van der Waals surface area (Å²) in [5.74, 6) is 1.21. The van der Waals surface area contributed by atoms with Gasteiger partial charge in [-0.15, -0.1) is 0 Å². The molecule has 2 heterocycles. The van der Waals surface area contributed by atoms with E-state index in [0.717, 1.165) is 30.0 Å². The van der Waals surface area contributed by atoms with E-state index in [1.165, 1.54) is 0 Å². The van der Waals surface area contributed by atoms with Crippen LogP contribution in [0.5, 0.6) is 5.75 Å². The van der Waals surface area contributed by atoms with Gasteiger partial charge in [0.05, 0.1) is 18.7 Å². The van der Waals surface area contributed by atoms with Gasteiger partial charge in [0.2, 0.25) is 5.95 Å². The topological polar surface area (TPSA) is 67.3 Å². The maximum Gasteiger partial charge on any atom is 0.257 e. The molecule has 1 amide bonds. The van der Waals surface area contributed by atoms with Crippen LogP contribution in [0.1, 0.15) is 28.4 Å². The highest BCUT2D eigenvalue weighted by Gasteiger charge is 2.34. The fourth-order valence-electron chi connectivity index (χ4n) is 3.15. The number of benzene rings is 2. The Kier molecular flexibility index (Phi) is 4.70. The number of carbonyl (C=O) groups is 1. The Morgan fingerprint density at radius 2 is 1.89 bits per heavy atom. The summed E-state index contributed by atoms with van der Waals surface area (Å²) in [4.78, 5) is 23.2. The van der Waals surface area contributed by atoms with Crippen molar-refractivity contribution in [1.29, 1.82) is 0 Å². The number of amides is 1. The van der Waals surface area contributed by atoms with E-state index in [0.29, 0.717) is 11.5 Å². The van der Waals surface area contributed by atoms with Crippen LogP contribution >= 0.6 is 0 Å². The quantitative estimate of drug-likeness (QED) is 0.749. The number of hydrogen-bond donors (Lipinski definition) is 1. The molecule has 6 nitrogen and oxygen atoms in total. The van der Waals surface area contributed by atoms with Crippen molar-refractivity contribution in [3.63, 3.8) is 0 Å². The summed E-state index contributed by atoms with van der Waals surface area (Å²) < 4.78 is 5.29. The third-order valence-electron chi connectivity index (χ3n) is 4.69. The van der Waals surface area contributed by atoms with Gasteiger partial charge in [0.1, 0.15) is 5.75 Å². The summed E-state index contributed by atoms with van der Waals surface area (Å²) in [6.45, 7) is 0.727. The Morgan fingerprint density at radius 3 is 2.56 bits per heavy atom. The molecule has 1 aliphatic rings. The molecule has 1 atom stereocenters. The predicted octanol–water partition coefficient (Wildman–Crippen LogP) is 3.82. The molecular formula is C21H20N4O2. The third kappa shape index (κ3) is 3.60. The molecule has 2 aromatic carbocycles. The molecule has 6 heteroatoms. The van der Waals surface area contributed by atoms with E-state index in [-0.39, 0.29) is 11.9 Å². The van der Waals surface area contributed by atoms with Crippen molar-refractivity contribution in [2.24, 2.45) is 0 Å². The molecule has 0 radical (unpaired) electrons. The minimum atomic E-state index is -0.0552. The standard InChI is InChI=1S/C21H20N4O2/c1-27-18-9-5-6-15(12-18)19-10-11-25(19)20(26)16-13-22-21(23-14-16)24-17-7-3-2-4-8-17/h2-9,12-14,19H,10-11H2,1H3,(H,22,23,24)/t19-/m0/s1. The van der Waals surface area contributed by atoms with Crippen LogP contribution in [0.25, 0.3) is 0 Å². The zero-order valence-electron chi connectivity index (χ0n) is 15.0. The second kappa shape index (κ2) is 7.45. The average molecular weight is 360 g/mol. The number of para-hydroxylation sites is 1. The van der Waals surface area contributed by atoms with Gasteiger partial charge in [0, 0.05) is 24.6 Å². The molecule has 27 heavy (non-hydrogen) atoms. The minimum Gasteiger partial charge on any atom is -0.497 e. The minimum absolute atomic E-state index is 0.0552. The van der Waals surface area contributed by atoms with Crippen molar-refractivity contribution in [3.05, 3.63) is 78.1 Å². The molecule has 1 saturated heterocycles. The highest BCUT2D eigenvalue weighted by molar-refractivity contribution is 5.94. The van der Waals surface area contributed by atoms with Gasteiger partial charge >= 0.3 is 0 Å². The number of ether oxygens (including phenoxy) is 1. The van der Waals surface area contributed by atoms with Gasteiger partial charge in [-0.05, 0) is 36.2 Å². The van der Waals surface area contributed by atoms with E-state index in [1.54, 1.807) is 19.5 Å². The van der Waals surface area contributed by atoms with Crippen LogP contribution in [-0.2, 0) is 0 Å². The molecule has 1 fully saturated rings. The number of aromatic nitrogens is 2. The Hall–Kier alpha value is -3.41. The summed E-state index contributed by atoms with van der Waals surface area (Å²) in [6, 6.07) is 17.6. The zero-order chi connectivity index (χ0) is 18.6. The van der Waals surface area contributed by atoms with Crippen LogP contribution in [0, 0.1) is 0 Å². The van der Waals surface area contributed by atoms with Crippen molar-refractivity contribution in [2.75, 3.05) is 19.0 Å². The number of hydrogen-bond acceptors (Lipinski definition) is 5. The van der Waals surface area contributed by atoms with Crippen LogP contribution in [0.15, 0.2) is 67.0 Å². The second-order valence-corrected chi connectivity index (χ2v) is 6.37. The largest absolute Gasteiger partial charge is 0.497 e. The number of methoxy groups -OCH3 is 1. The monoisotopic (exact) mass is 360 g/mol. The Balaban J connectivity index is 1.46. The molecule has 0 unspecified atom stereocenters. The van der Waals surface area contributed by atoms with E-state index in [2.05, 4.69) is 15.3 Å². The smallest absolute Gasteiger partial charge is 0.257 e. The molecule has 0 saturated carbocycles. The van der Waals surface area contributed by atoms with Crippen LogP contribution in [0.2, 0.25) is 0 Å². The lowest BCUT2D eigenvalue weighted by Gasteiger charge is -2.41. The molecule has 0 spiro atoms. The summed E-state index contributed by atoms with van der Waals surface area (Å²) >= 11 is 0. The molecular weight excluding hydrogens is 340 g/mol. The van der Waals surface area contributed by atoms with Crippen molar-refractivity contribution < 1.29 is 9.53 Å². The van der Waals surface area contributed by atoms with Gasteiger partial charge in [-0.2, -0.15) is 0 Å². The molecule has 1 aliphatic heterocycles. The predicted molar refractivity (Wildman–Crippen MR) is 103 cm³/mol. The Morgan fingerprint density at radius 1 is 1.11 bits per heavy atom. The van der Waals surface area contributed by atoms with E-state index in [1.807, 2.05) is 59.5 Å². The molecule has 0 aliphatic carbocycles. The Bertz CT molecular complexity index is 928. The van der Waals surface area contributed by atoms with Gasteiger partial charge in [0.15, 0.2) is 0 Å². The highest BCUT2D eigenvalue weighted by Crippen LogP contribution is 2.35. The molecule has 3 aromatic rings. The number of rotatable bonds is 5. The fourth-order valence-corrected chi connectivity index (χ4v) is 3.15. The first-order chi connectivity index (χ1) is 13.2. The first-order valence-electron chi connectivity index (χ1n) is 8.83. The molecule has 1 N–H and O–H groups in total. The van der Waals surface area contributed by atoms with Gasteiger partial charge < -0.3 is 15.0 Å². The van der Waals surface area contributed by atoms with Crippen LogP contribution in [0.3, 0.4) is 0 Å².